The first-order chi connectivity index (χ1) is 14.0. The Balaban J connectivity index is 1.79. The number of piperidine rings is 1. The highest BCUT2D eigenvalue weighted by atomic mass is 19.1. The summed E-state index contributed by atoms with van der Waals surface area (Å²) in [7, 11) is 3.94. The van der Waals surface area contributed by atoms with Crippen LogP contribution in [0.1, 0.15) is 18.4 Å². The van der Waals surface area contributed by atoms with Gasteiger partial charge in [0.2, 0.25) is 0 Å². The minimum Gasteiger partial charge on any atom is -0.366 e. The van der Waals surface area contributed by atoms with Gasteiger partial charge in [-0.2, -0.15) is 0 Å². The van der Waals surface area contributed by atoms with E-state index in [0.29, 0.717) is 16.8 Å². The van der Waals surface area contributed by atoms with E-state index in [0.717, 1.165) is 30.8 Å². The predicted molar refractivity (Wildman–Crippen MR) is 111 cm³/mol. The lowest BCUT2D eigenvalue weighted by molar-refractivity contribution is -0.120. The number of carbonyl (C=O) groups is 2. The van der Waals surface area contributed by atoms with Gasteiger partial charge in [-0.3, -0.25) is 9.59 Å². The Bertz CT molecular complexity index is 965. The van der Waals surface area contributed by atoms with Crippen LogP contribution in [-0.4, -0.2) is 54.8 Å². The number of imide groups is 1. The number of likely N-dealkylation sites (N-methyl/N-ethyl adjacent to an activating group) is 1. The second-order valence-corrected chi connectivity index (χ2v) is 7.63. The van der Waals surface area contributed by atoms with Crippen molar-refractivity contribution in [2.45, 2.75) is 18.9 Å². The topological polar surface area (TPSA) is 43.9 Å². The molecule has 4 rings (SSSR count). The van der Waals surface area contributed by atoms with E-state index >= 15 is 0 Å². The van der Waals surface area contributed by atoms with E-state index < -0.39 is 17.6 Å². The molecule has 0 N–H and O–H groups in total. The molecule has 2 aromatic carbocycles. The first-order valence-corrected chi connectivity index (χ1v) is 9.83. The number of halogens is 1. The summed E-state index contributed by atoms with van der Waals surface area (Å²) in [5.74, 6) is -1.55. The summed E-state index contributed by atoms with van der Waals surface area (Å²) >= 11 is 0. The molecule has 5 nitrogen and oxygen atoms in total. The number of amides is 2. The fourth-order valence-corrected chi connectivity index (χ4v) is 4.13. The quantitative estimate of drug-likeness (QED) is 0.749. The van der Waals surface area contributed by atoms with Crippen LogP contribution in [0.3, 0.4) is 0 Å². The molecule has 6 heteroatoms. The molecule has 0 radical (unpaired) electrons. The van der Waals surface area contributed by atoms with Gasteiger partial charge >= 0.3 is 0 Å². The molecule has 150 valence electrons. The summed E-state index contributed by atoms with van der Waals surface area (Å²) in [5.41, 5.74) is 1.33. The predicted octanol–water partition coefficient (Wildman–Crippen LogP) is 3.14. The highest BCUT2D eigenvalue weighted by molar-refractivity contribution is 6.45. The molecule has 0 saturated carbocycles. The summed E-state index contributed by atoms with van der Waals surface area (Å²) in [5, 5.41) is 0. The van der Waals surface area contributed by atoms with Crippen LogP contribution in [0.5, 0.6) is 0 Å². The van der Waals surface area contributed by atoms with Gasteiger partial charge in [-0.25, -0.2) is 9.29 Å². The Labute approximate surface area is 170 Å². The smallest absolute Gasteiger partial charge is 0.282 e. The van der Waals surface area contributed by atoms with E-state index in [4.69, 9.17) is 0 Å². The second-order valence-electron chi connectivity index (χ2n) is 7.63. The molecule has 1 saturated heterocycles. The van der Waals surface area contributed by atoms with Crippen molar-refractivity contribution in [3.63, 3.8) is 0 Å². The van der Waals surface area contributed by atoms with Gasteiger partial charge < -0.3 is 9.80 Å². The normalized spacial score (nSPS) is 18.7. The molecule has 0 aliphatic carbocycles. The van der Waals surface area contributed by atoms with E-state index in [9.17, 15) is 14.0 Å². The zero-order chi connectivity index (χ0) is 20.5. The van der Waals surface area contributed by atoms with Crippen LogP contribution in [0.25, 0.3) is 5.57 Å². The maximum atomic E-state index is 14.5. The molecular weight excluding hydrogens is 369 g/mol. The van der Waals surface area contributed by atoms with Crippen molar-refractivity contribution in [3.05, 3.63) is 71.7 Å². The maximum absolute atomic E-state index is 14.5. The number of hydrogen-bond acceptors (Lipinski definition) is 4. The van der Waals surface area contributed by atoms with Crippen LogP contribution < -0.4 is 4.90 Å². The third kappa shape index (κ3) is 3.44. The molecule has 0 spiro atoms. The van der Waals surface area contributed by atoms with E-state index in [-0.39, 0.29) is 11.7 Å². The second kappa shape index (κ2) is 7.79. The molecule has 0 unspecified atom stereocenters. The lowest BCUT2D eigenvalue weighted by atomic mass is 10.0. The molecular formula is C23H24FN3O2. The number of para-hydroxylation sites is 1. The van der Waals surface area contributed by atoms with E-state index in [1.165, 1.54) is 12.1 Å². The van der Waals surface area contributed by atoms with Gasteiger partial charge in [0.15, 0.2) is 0 Å². The lowest BCUT2D eigenvalue weighted by Crippen LogP contribution is -2.43. The van der Waals surface area contributed by atoms with Gasteiger partial charge in [0.05, 0.1) is 11.3 Å². The van der Waals surface area contributed by atoms with Crippen LogP contribution >= 0.6 is 0 Å². The van der Waals surface area contributed by atoms with Crippen molar-refractivity contribution in [1.29, 1.82) is 0 Å². The van der Waals surface area contributed by atoms with Gasteiger partial charge in [0, 0.05) is 13.1 Å². The van der Waals surface area contributed by atoms with Gasteiger partial charge in [-0.15, -0.1) is 0 Å². The molecule has 0 aromatic heterocycles. The molecule has 2 aromatic rings. The molecule has 2 aliphatic heterocycles. The van der Waals surface area contributed by atoms with Crippen molar-refractivity contribution in [1.82, 2.24) is 9.80 Å². The van der Waals surface area contributed by atoms with Gasteiger partial charge in [0.1, 0.15) is 11.5 Å². The molecule has 1 fully saturated rings. The number of rotatable bonds is 4. The van der Waals surface area contributed by atoms with Crippen molar-refractivity contribution in [2.24, 2.45) is 0 Å². The lowest BCUT2D eigenvalue weighted by Gasteiger charge is -2.36. The Morgan fingerprint density at radius 1 is 0.931 bits per heavy atom. The summed E-state index contributed by atoms with van der Waals surface area (Å²) in [6, 6.07) is 15.2. The Morgan fingerprint density at radius 2 is 1.55 bits per heavy atom. The standard InChI is InChI=1S/C23H24FN3O2/c1-25-14-12-17(13-15-25)26(2)21-20(16-8-4-3-5-9-16)22(28)27(23(21)29)19-11-7-6-10-18(19)24/h3-11,17H,12-15H2,1-2H3. The number of hydrogen-bond donors (Lipinski definition) is 0. The van der Waals surface area contributed by atoms with Crippen molar-refractivity contribution in [2.75, 3.05) is 32.1 Å². The fraction of sp³-hybridized carbons (Fsp3) is 0.304. The molecule has 2 aliphatic rings. The molecule has 0 bridgehead atoms. The van der Waals surface area contributed by atoms with Crippen molar-refractivity contribution >= 4 is 23.1 Å². The zero-order valence-corrected chi connectivity index (χ0v) is 16.6. The van der Waals surface area contributed by atoms with Crippen LogP contribution in [0, 0.1) is 5.82 Å². The monoisotopic (exact) mass is 393 g/mol. The molecule has 2 heterocycles. The number of anilines is 1. The van der Waals surface area contributed by atoms with E-state index in [1.54, 1.807) is 12.1 Å². The first kappa shape index (κ1) is 19.3. The third-order valence-corrected chi connectivity index (χ3v) is 5.80. The van der Waals surface area contributed by atoms with E-state index in [1.807, 2.05) is 42.3 Å². The summed E-state index contributed by atoms with van der Waals surface area (Å²) in [6.07, 6.45) is 1.81. The maximum Gasteiger partial charge on any atom is 0.282 e. The Kier molecular flexibility index (Phi) is 5.20. The van der Waals surface area contributed by atoms with Crippen LogP contribution in [0.2, 0.25) is 0 Å². The van der Waals surface area contributed by atoms with Gasteiger partial charge in [0.25, 0.3) is 11.8 Å². The van der Waals surface area contributed by atoms with Crippen LogP contribution in [0.15, 0.2) is 60.3 Å². The largest absolute Gasteiger partial charge is 0.366 e. The number of benzene rings is 2. The average molecular weight is 393 g/mol. The minimum atomic E-state index is -0.593. The highest BCUT2D eigenvalue weighted by Gasteiger charge is 2.44. The third-order valence-electron chi connectivity index (χ3n) is 5.80. The van der Waals surface area contributed by atoms with Crippen LogP contribution in [0.4, 0.5) is 10.1 Å². The first-order valence-electron chi connectivity index (χ1n) is 9.83. The van der Waals surface area contributed by atoms with Crippen molar-refractivity contribution < 1.29 is 14.0 Å². The van der Waals surface area contributed by atoms with Crippen molar-refractivity contribution in [3.8, 4) is 0 Å². The van der Waals surface area contributed by atoms with Gasteiger partial charge in [-0.1, -0.05) is 42.5 Å². The number of carbonyl (C=O) groups excluding carboxylic acids is 2. The SMILES string of the molecule is CN1CCC(N(C)C2=C(c3ccccc3)C(=O)N(c3ccccc3F)C2=O)CC1. The van der Waals surface area contributed by atoms with Gasteiger partial charge in [-0.05, 0) is 50.7 Å². The summed E-state index contributed by atoms with van der Waals surface area (Å²) in [6.45, 7) is 1.87. The average Bonchev–Trinajstić information content (AvgIpc) is 2.99. The summed E-state index contributed by atoms with van der Waals surface area (Å²) < 4.78 is 14.5. The molecule has 2 amide bonds. The number of nitrogens with zero attached hydrogens (tertiary/aromatic N) is 3. The van der Waals surface area contributed by atoms with E-state index in [2.05, 4.69) is 11.9 Å². The number of likely N-dealkylation sites (tertiary alicyclic amines) is 1. The molecule has 29 heavy (non-hydrogen) atoms. The molecule has 0 atom stereocenters. The Hall–Kier alpha value is -2.99. The minimum absolute atomic E-state index is 0.0114. The highest BCUT2D eigenvalue weighted by Crippen LogP contribution is 2.36. The van der Waals surface area contributed by atoms with Crippen LogP contribution in [-0.2, 0) is 9.59 Å². The zero-order valence-electron chi connectivity index (χ0n) is 16.6. The Morgan fingerprint density at radius 3 is 2.21 bits per heavy atom. The summed E-state index contributed by atoms with van der Waals surface area (Å²) in [4.78, 5) is 31.9. The fourth-order valence-electron chi connectivity index (χ4n) is 4.13.